The molecule has 0 aliphatic rings. The minimum Gasteiger partial charge on any atom is -0.493 e. The second kappa shape index (κ2) is 9.85. The van der Waals surface area contributed by atoms with Gasteiger partial charge in [0.15, 0.2) is 11.5 Å². The molecule has 0 saturated carbocycles. The molecule has 3 aromatic carbocycles. The van der Waals surface area contributed by atoms with E-state index in [1.54, 1.807) is 7.11 Å². The summed E-state index contributed by atoms with van der Waals surface area (Å²) >= 11 is 6.46. The predicted molar refractivity (Wildman–Crippen MR) is 117 cm³/mol. The van der Waals surface area contributed by atoms with Gasteiger partial charge in [0, 0.05) is 24.8 Å². The maximum Gasteiger partial charge on any atom is 0.221 e. The van der Waals surface area contributed by atoms with Crippen LogP contribution in [0.2, 0.25) is 5.02 Å². The monoisotopic (exact) mass is 410 g/mol. The molecule has 0 radical (unpaired) electrons. The topological polar surface area (TPSA) is 59.6 Å². The number of anilines is 2. The number of carbonyl (C=O) groups excluding carboxylic acids is 1. The van der Waals surface area contributed by atoms with E-state index in [9.17, 15) is 4.79 Å². The van der Waals surface area contributed by atoms with E-state index in [-0.39, 0.29) is 5.91 Å². The Kier molecular flexibility index (Phi) is 6.98. The molecule has 0 fully saturated rings. The fourth-order valence-electron chi connectivity index (χ4n) is 2.82. The molecule has 6 heteroatoms. The summed E-state index contributed by atoms with van der Waals surface area (Å²) in [6.45, 7) is 2.46. The van der Waals surface area contributed by atoms with Crippen LogP contribution in [0.15, 0.2) is 66.7 Å². The second-order valence-corrected chi connectivity index (χ2v) is 6.90. The third-order valence-electron chi connectivity index (χ3n) is 4.22. The Hall–Kier alpha value is -3.18. The number of rotatable bonds is 8. The molecule has 0 aromatic heterocycles. The largest absolute Gasteiger partial charge is 0.493 e. The summed E-state index contributed by atoms with van der Waals surface area (Å²) < 4.78 is 11.4. The van der Waals surface area contributed by atoms with Gasteiger partial charge in [0.05, 0.1) is 12.1 Å². The normalized spacial score (nSPS) is 10.3. The summed E-state index contributed by atoms with van der Waals surface area (Å²) in [5.74, 6) is 1.02. The van der Waals surface area contributed by atoms with Gasteiger partial charge in [-0.15, -0.1) is 0 Å². The van der Waals surface area contributed by atoms with E-state index in [4.69, 9.17) is 21.1 Å². The molecular formula is C23H23ClN2O3. The molecule has 0 spiro atoms. The first-order valence-corrected chi connectivity index (χ1v) is 9.57. The van der Waals surface area contributed by atoms with Crippen LogP contribution in [0.3, 0.4) is 0 Å². The molecule has 0 heterocycles. The van der Waals surface area contributed by atoms with Crippen molar-refractivity contribution in [3.8, 4) is 11.5 Å². The summed E-state index contributed by atoms with van der Waals surface area (Å²) in [5, 5.41) is 6.57. The lowest BCUT2D eigenvalue weighted by Gasteiger charge is -2.15. The van der Waals surface area contributed by atoms with Crippen molar-refractivity contribution in [2.45, 2.75) is 20.1 Å². The molecule has 0 bridgehead atoms. The number of halogens is 1. The van der Waals surface area contributed by atoms with Crippen molar-refractivity contribution in [3.63, 3.8) is 0 Å². The van der Waals surface area contributed by atoms with Gasteiger partial charge in [0.2, 0.25) is 5.91 Å². The van der Waals surface area contributed by atoms with Crippen LogP contribution in [0.1, 0.15) is 18.1 Å². The highest BCUT2D eigenvalue weighted by Gasteiger charge is 2.12. The van der Waals surface area contributed by atoms with Gasteiger partial charge in [-0.3, -0.25) is 4.79 Å². The Morgan fingerprint density at radius 1 is 0.966 bits per heavy atom. The molecular weight excluding hydrogens is 388 g/mol. The average molecular weight is 411 g/mol. The molecule has 0 atom stereocenters. The molecule has 150 valence electrons. The maximum absolute atomic E-state index is 11.1. The van der Waals surface area contributed by atoms with Crippen molar-refractivity contribution in [1.82, 2.24) is 0 Å². The van der Waals surface area contributed by atoms with Crippen LogP contribution < -0.4 is 20.1 Å². The third kappa shape index (κ3) is 5.90. The zero-order valence-corrected chi connectivity index (χ0v) is 17.1. The molecule has 1 amide bonds. The van der Waals surface area contributed by atoms with Crippen molar-refractivity contribution in [2.24, 2.45) is 0 Å². The van der Waals surface area contributed by atoms with Crippen LogP contribution >= 0.6 is 11.6 Å². The van der Waals surface area contributed by atoms with Gasteiger partial charge >= 0.3 is 0 Å². The van der Waals surface area contributed by atoms with E-state index in [1.807, 2.05) is 66.7 Å². The molecule has 3 aromatic rings. The highest BCUT2D eigenvalue weighted by Crippen LogP contribution is 2.37. The van der Waals surface area contributed by atoms with Crippen LogP contribution in [0.4, 0.5) is 11.4 Å². The summed E-state index contributed by atoms with van der Waals surface area (Å²) in [6.07, 6.45) is 0. The van der Waals surface area contributed by atoms with Gasteiger partial charge in [-0.05, 0) is 47.5 Å². The number of carbonyl (C=O) groups is 1. The minimum absolute atomic E-state index is 0.0954. The SMILES string of the molecule is COc1cc(CNc2ccc(NC(C)=O)cc2)cc(Cl)c1OCc1ccccc1. The van der Waals surface area contributed by atoms with Gasteiger partial charge in [0.25, 0.3) is 0 Å². The first-order valence-electron chi connectivity index (χ1n) is 9.20. The Morgan fingerprint density at radius 3 is 2.31 bits per heavy atom. The van der Waals surface area contributed by atoms with Gasteiger partial charge in [-0.1, -0.05) is 41.9 Å². The number of methoxy groups -OCH3 is 1. The molecule has 29 heavy (non-hydrogen) atoms. The molecule has 2 N–H and O–H groups in total. The maximum atomic E-state index is 11.1. The molecule has 5 nitrogen and oxygen atoms in total. The molecule has 0 aliphatic heterocycles. The highest BCUT2D eigenvalue weighted by atomic mass is 35.5. The molecule has 3 rings (SSSR count). The van der Waals surface area contributed by atoms with Gasteiger partial charge in [-0.2, -0.15) is 0 Å². The number of nitrogens with one attached hydrogen (secondary N) is 2. The van der Waals surface area contributed by atoms with E-state index < -0.39 is 0 Å². The summed E-state index contributed by atoms with van der Waals surface area (Å²) in [7, 11) is 1.60. The van der Waals surface area contributed by atoms with Crippen LogP contribution in [0, 0.1) is 0 Å². The fourth-order valence-corrected chi connectivity index (χ4v) is 3.11. The summed E-state index contributed by atoms with van der Waals surface area (Å²) in [6, 6.07) is 21.2. The van der Waals surface area contributed by atoms with Crippen molar-refractivity contribution in [3.05, 3.63) is 82.9 Å². The standard InChI is InChI=1S/C23H23ClN2O3/c1-16(27)26-20-10-8-19(9-11-20)25-14-18-12-21(24)23(22(13-18)28-2)29-15-17-6-4-3-5-7-17/h3-13,25H,14-15H2,1-2H3,(H,26,27). The van der Waals surface area contributed by atoms with E-state index in [0.717, 1.165) is 22.5 Å². The third-order valence-corrected chi connectivity index (χ3v) is 4.50. The lowest BCUT2D eigenvalue weighted by molar-refractivity contribution is -0.114. The van der Waals surface area contributed by atoms with Crippen LogP contribution in [0.25, 0.3) is 0 Å². The Labute approximate surface area is 175 Å². The molecule has 0 unspecified atom stereocenters. The Morgan fingerprint density at radius 2 is 1.66 bits per heavy atom. The zero-order valence-electron chi connectivity index (χ0n) is 16.4. The average Bonchev–Trinajstić information content (AvgIpc) is 2.72. The first kappa shape index (κ1) is 20.6. The van der Waals surface area contributed by atoms with Crippen molar-refractivity contribution < 1.29 is 14.3 Å². The zero-order chi connectivity index (χ0) is 20.6. The number of hydrogen-bond acceptors (Lipinski definition) is 4. The van der Waals surface area contributed by atoms with E-state index in [1.165, 1.54) is 6.92 Å². The Bertz CT molecular complexity index is 960. The smallest absolute Gasteiger partial charge is 0.221 e. The number of hydrogen-bond donors (Lipinski definition) is 2. The second-order valence-electron chi connectivity index (χ2n) is 6.50. The molecule has 0 aliphatic carbocycles. The number of ether oxygens (including phenoxy) is 2. The van der Waals surface area contributed by atoms with Crippen molar-refractivity contribution in [1.29, 1.82) is 0 Å². The van der Waals surface area contributed by atoms with Gasteiger partial charge < -0.3 is 20.1 Å². The fraction of sp³-hybridized carbons (Fsp3) is 0.174. The van der Waals surface area contributed by atoms with Crippen LogP contribution in [-0.4, -0.2) is 13.0 Å². The van der Waals surface area contributed by atoms with Crippen molar-refractivity contribution >= 4 is 28.9 Å². The first-order chi connectivity index (χ1) is 14.0. The quantitative estimate of drug-likeness (QED) is 0.515. The lowest BCUT2D eigenvalue weighted by atomic mass is 10.2. The Balaban J connectivity index is 1.65. The summed E-state index contributed by atoms with van der Waals surface area (Å²) in [4.78, 5) is 11.1. The van der Waals surface area contributed by atoms with Crippen LogP contribution in [0.5, 0.6) is 11.5 Å². The van der Waals surface area contributed by atoms with Gasteiger partial charge in [0.1, 0.15) is 6.61 Å². The van der Waals surface area contributed by atoms with Crippen LogP contribution in [-0.2, 0) is 17.9 Å². The highest BCUT2D eigenvalue weighted by molar-refractivity contribution is 6.32. The number of benzene rings is 3. The van der Waals surface area contributed by atoms with Gasteiger partial charge in [-0.25, -0.2) is 0 Å². The minimum atomic E-state index is -0.0954. The van der Waals surface area contributed by atoms with E-state index >= 15 is 0 Å². The molecule has 0 saturated heterocycles. The van der Waals surface area contributed by atoms with Crippen molar-refractivity contribution in [2.75, 3.05) is 17.7 Å². The lowest BCUT2D eigenvalue weighted by Crippen LogP contribution is -2.06. The summed E-state index contributed by atoms with van der Waals surface area (Å²) in [5.41, 5.74) is 3.70. The predicted octanol–water partition coefficient (Wildman–Crippen LogP) is 5.50. The van der Waals surface area contributed by atoms with E-state index in [2.05, 4.69) is 10.6 Å². The number of amides is 1. The van der Waals surface area contributed by atoms with E-state index in [0.29, 0.717) is 29.7 Å².